The molecule has 1 aliphatic rings. The van der Waals surface area contributed by atoms with Gasteiger partial charge in [-0.25, -0.2) is 9.97 Å². The van der Waals surface area contributed by atoms with E-state index >= 15 is 0 Å². The summed E-state index contributed by atoms with van der Waals surface area (Å²) in [5, 5.41) is 2.96. The molecule has 3 rings (SSSR count). The number of hydrogen-bond donors (Lipinski definition) is 1. The van der Waals surface area contributed by atoms with Gasteiger partial charge in [0.2, 0.25) is 5.82 Å². The van der Waals surface area contributed by atoms with Crippen LogP contribution in [0.5, 0.6) is 0 Å². The number of carbonyl (C=O) groups is 1. The van der Waals surface area contributed by atoms with Crippen molar-refractivity contribution in [1.82, 2.24) is 14.9 Å². The largest absolute Gasteiger partial charge is 0.386 e. The van der Waals surface area contributed by atoms with Crippen molar-refractivity contribution in [2.75, 3.05) is 26.0 Å². The highest BCUT2D eigenvalue weighted by molar-refractivity contribution is 5.91. The van der Waals surface area contributed by atoms with E-state index in [0.717, 1.165) is 24.9 Å². The van der Waals surface area contributed by atoms with Crippen LogP contribution in [0.2, 0.25) is 0 Å². The molecule has 1 saturated heterocycles. The Morgan fingerprint density at radius 2 is 2.00 bits per heavy atom. The Bertz CT molecular complexity index is 690. The number of hydrogen-bond acceptors (Lipinski definition) is 5. The molecule has 0 saturated carbocycles. The zero-order chi connectivity index (χ0) is 17.6. The lowest BCUT2D eigenvalue weighted by molar-refractivity contribution is -0.0122. The minimum atomic E-state index is -0.134. The lowest BCUT2D eigenvalue weighted by Gasteiger charge is -2.40. The summed E-state index contributed by atoms with van der Waals surface area (Å²) < 4.78 is 5.68. The van der Waals surface area contributed by atoms with Crippen LogP contribution in [0.25, 0.3) is 0 Å². The van der Waals surface area contributed by atoms with E-state index in [0.29, 0.717) is 6.54 Å². The highest BCUT2D eigenvalue weighted by Gasteiger charge is 2.35. The Morgan fingerprint density at radius 3 is 2.64 bits per heavy atom. The average Bonchev–Trinajstić information content (AvgIpc) is 2.68. The van der Waals surface area contributed by atoms with Gasteiger partial charge in [0, 0.05) is 20.7 Å². The van der Waals surface area contributed by atoms with Crippen LogP contribution < -0.4 is 5.32 Å². The van der Waals surface area contributed by atoms with Crippen molar-refractivity contribution in [3.05, 3.63) is 54.1 Å². The molecule has 132 valence electrons. The highest BCUT2D eigenvalue weighted by Crippen LogP contribution is 2.24. The highest BCUT2D eigenvalue weighted by atomic mass is 16.5. The van der Waals surface area contributed by atoms with Crippen molar-refractivity contribution < 1.29 is 9.53 Å². The molecule has 2 heterocycles. The summed E-state index contributed by atoms with van der Waals surface area (Å²) in [6.07, 6.45) is 5.92. The Hall–Kier alpha value is -2.47. The molecule has 0 spiro atoms. The smallest absolute Gasteiger partial charge is 0.292 e. The van der Waals surface area contributed by atoms with E-state index in [2.05, 4.69) is 27.4 Å². The van der Waals surface area contributed by atoms with Gasteiger partial charge in [-0.1, -0.05) is 30.3 Å². The molecule has 1 aromatic carbocycles. The van der Waals surface area contributed by atoms with Crippen LogP contribution >= 0.6 is 0 Å². The molecule has 0 radical (unpaired) electrons. The van der Waals surface area contributed by atoms with E-state index in [1.54, 1.807) is 26.6 Å². The first-order chi connectivity index (χ1) is 12.2. The second-order valence-corrected chi connectivity index (χ2v) is 6.22. The average molecular weight is 340 g/mol. The van der Waals surface area contributed by atoms with Gasteiger partial charge >= 0.3 is 0 Å². The second kappa shape index (κ2) is 8.07. The third-order valence-electron chi connectivity index (χ3n) is 4.70. The number of piperidine rings is 1. The quantitative estimate of drug-likeness (QED) is 0.905. The van der Waals surface area contributed by atoms with Crippen molar-refractivity contribution in [2.45, 2.75) is 31.4 Å². The molecule has 2 atom stereocenters. The molecule has 6 nitrogen and oxygen atoms in total. The van der Waals surface area contributed by atoms with Crippen LogP contribution in [-0.4, -0.2) is 53.6 Å². The number of nitrogens with one attached hydrogen (secondary N) is 1. The van der Waals surface area contributed by atoms with Crippen molar-refractivity contribution in [1.29, 1.82) is 0 Å². The third-order valence-corrected chi connectivity index (χ3v) is 4.70. The van der Waals surface area contributed by atoms with Gasteiger partial charge in [0.15, 0.2) is 0 Å². The normalized spacial score (nSPS) is 20.3. The van der Waals surface area contributed by atoms with Gasteiger partial charge in [0.05, 0.1) is 30.2 Å². The molecule has 25 heavy (non-hydrogen) atoms. The molecule has 1 N–H and O–H groups in total. The molecule has 0 bridgehead atoms. The molecule has 2 aromatic rings. The van der Waals surface area contributed by atoms with Gasteiger partial charge in [-0.2, -0.15) is 0 Å². The Balaban J connectivity index is 1.83. The van der Waals surface area contributed by atoms with Gasteiger partial charge < -0.3 is 15.0 Å². The number of amides is 1. The molecule has 1 fully saturated rings. The number of carbonyl (C=O) groups excluding carboxylic acids is 1. The predicted molar refractivity (Wildman–Crippen MR) is 96.6 cm³/mol. The van der Waals surface area contributed by atoms with Crippen LogP contribution in [0.1, 0.15) is 29.0 Å². The summed E-state index contributed by atoms with van der Waals surface area (Å²) in [5.74, 6) is 0.0964. The topological polar surface area (TPSA) is 67.4 Å². The van der Waals surface area contributed by atoms with Crippen LogP contribution in [0.3, 0.4) is 0 Å². The minimum Gasteiger partial charge on any atom is -0.386 e. The molecule has 1 aromatic heterocycles. The monoisotopic (exact) mass is 340 g/mol. The fourth-order valence-corrected chi connectivity index (χ4v) is 3.34. The summed E-state index contributed by atoms with van der Waals surface area (Å²) in [6, 6.07) is 10.2. The van der Waals surface area contributed by atoms with Gasteiger partial charge in [0.1, 0.15) is 0 Å². The van der Waals surface area contributed by atoms with Crippen LogP contribution in [-0.2, 0) is 11.2 Å². The summed E-state index contributed by atoms with van der Waals surface area (Å²) in [5.41, 5.74) is 1.98. The first-order valence-electron chi connectivity index (χ1n) is 8.60. The van der Waals surface area contributed by atoms with Gasteiger partial charge in [-0.05, 0) is 24.8 Å². The van der Waals surface area contributed by atoms with Gasteiger partial charge in [-0.3, -0.25) is 4.79 Å². The Morgan fingerprint density at radius 1 is 1.28 bits per heavy atom. The summed E-state index contributed by atoms with van der Waals surface area (Å²) in [7, 11) is 3.51. The number of ether oxygens (including phenoxy) is 1. The number of methoxy groups -OCH3 is 1. The molecule has 0 unspecified atom stereocenters. The molecule has 0 aliphatic carbocycles. The molecular formula is C19H24N4O2. The molecule has 6 heteroatoms. The SMILES string of the molecule is CNc1cnc(C(=O)N2CCC[C@H](OC)[C@@H]2Cc2ccccc2)nc1. The fourth-order valence-electron chi connectivity index (χ4n) is 3.34. The van der Waals surface area contributed by atoms with Gasteiger partial charge in [-0.15, -0.1) is 0 Å². The number of rotatable bonds is 5. The third kappa shape index (κ3) is 3.96. The maximum atomic E-state index is 13.0. The van der Waals surface area contributed by atoms with Crippen molar-refractivity contribution in [3.63, 3.8) is 0 Å². The maximum absolute atomic E-state index is 13.0. The summed E-state index contributed by atoms with van der Waals surface area (Å²) in [4.78, 5) is 23.3. The van der Waals surface area contributed by atoms with E-state index < -0.39 is 0 Å². The number of likely N-dealkylation sites (tertiary alicyclic amines) is 1. The molecule has 1 amide bonds. The van der Waals surface area contributed by atoms with Gasteiger partial charge in [0.25, 0.3) is 5.91 Å². The van der Waals surface area contributed by atoms with Crippen LogP contribution in [0.4, 0.5) is 5.69 Å². The summed E-state index contributed by atoms with van der Waals surface area (Å²) >= 11 is 0. The predicted octanol–water partition coefficient (Wildman–Crippen LogP) is 2.38. The zero-order valence-corrected chi connectivity index (χ0v) is 14.7. The van der Waals surface area contributed by atoms with E-state index in [9.17, 15) is 4.79 Å². The van der Waals surface area contributed by atoms with Crippen LogP contribution in [0, 0.1) is 0 Å². The first-order valence-corrected chi connectivity index (χ1v) is 8.60. The number of nitrogens with zero attached hydrogens (tertiary/aromatic N) is 3. The Kier molecular flexibility index (Phi) is 5.60. The maximum Gasteiger partial charge on any atom is 0.292 e. The standard InChI is InChI=1S/C19H24N4O2/c1-20-15-12-21-18(22-13-15)19(24)23-10-6-9-17(25-2)16(23)11-14-7-4-3-5-8-14/h3-5,7-8,12-13,16-17,20H,6,9-11H2,1-2H3/t16-,17-/m0/s1. The number of anilines is 1. The van der Waals surface area contributed by atoms with Crippen molar-refractivity contribution in [3.8, 4) is 0 Å². The van der Waals surface area contributed by atoms with E-state index in [4.69, 9.17) is 4.74 Å². The zero-order valence-electron chi connectivity index (χ0n) is 14.7. The van der Waals surface area contributed by atoms with Crippen LogP contribution in [0.15, 0.2) is 42.7 Å². The lowest BCUT2D eigenvalue weighted by Crippen LogP contribution is -2.53. The fraction of sp³-hybridized carbons (Fsp3) is 0.421. The van der Waals surface area contributed by atoms with Crippen molar-refractivity contribution >= 4 is 11.6 Å². The minimum absolute atomic E-state index is 0.0128. The lowest BCUT2D eigenvalue weighted by atomic mass is 9.92. The first kappa shape index (κ1) is 17.4. The summed E-state index contributed by atoms with van der Waals surface area (Å²) in [6.45, 7) is 0.702. The molecule has 1 aliphatic heterocycles. The van der Waals surface area contributed by atoms with E-state index in [1.165, 1.54) is 5.56 Å². The van der Waals surface area contributed by atoms with E-state index in [-0.39, 0.29) is 23.9 Å². The van der Waals surface area contributed by atoms with E-state index in [1.807, 2.05) is 23.1 Å². The second-order valence-electron chi connectivity index (χ2n) is 6.22. The molecular weight excluding hydrogens is 316 g/mol. The number of aromatic nitrogens is 2. The number of benzene rings is 1. The Labute approximate surface area is 148 Å². The van der Waals surface area contributed by atoms with Crippen molar-refractivity contribution in [2.24, 2.45) is 0 Å².